The number of nitrogens with one attached hydrogen (secondary N) is 1. The number of halogens is 1. The average Bonchev–Trinajstić information content (AvgIpc) is 2.82. The van der Waals surface area contributed by atoms with Crippen LogP contribution in [0.25, 0.3) is 22.3 Å². The molecule has 3 heteroatoms. The van der Waals surface area contributed by atoms with E-state index in [0.717, 1.165) is 39.4 Å². The molecule has 0 unspecified atom stereocenters. The van der Waals surface area contributed by atoms with Crippen LogP contribution < -0.4 is 5.32 Å². The fourth-order valence-electron chi connectivity index (χ4n) is 2.43. The summed E-state index contributed by atoms with van der Waals surface area (Å²) in [7, 11) is 1.92. The van der Waals surface area contributed by atoms with Gasteiger partial charge in [-0.25, -0.2) is 0 Å². The first-order valence-electron chi connectivity index (χ1n) is 6.61. The number of aryl methyl sites for hydroxylation is 1. The quantitative estimate of drug-likeness (QED) is 0.749. The number of benzene rings is 2. The molecule has 1 heterocycles. The van der Waals surface area contributed by atoms with Crippen molar-refractivity contribution in [1.29, 1.82) is 0 Å². The molecule has 0 amide bonds. The van der Waals surface area contributed by atoms with Gasteiger partial charge in [0.1, 0.15) is 11.3 Å². The van der Waals surface area contributed by atoms with Crippen LogP contribution in [0.4, 0.5) is 0 Å². The lowest BCUT2D eigenvalue weighted by Crippen LogP contribution is -2.06. The smallest absolute Gasteiger partial charge is 0.135 e. The van der Waals surface area contributed by atoms with Crippen LogP contribution >= 0.6 is 11.6 Å². The van der Waals surface area contributed by atoms with Gasteiger partial charge in [0.25, 0.3) is 0 Å². The fraction of sp³-hybridized carbons (Fsp3) is 0.176. The lowest BCUT2D eigenvalue weighted by Gasteiger charge is -2.07. The minimum absolute atomic E-state index is 0.742. The van der Waals surface area contributed by atoms with Crippen LogP contribution in [0, 0.1) is 6.92 Å². The molecule has 0 spiro atoms. The van der Waals surface area contributed by atoms with Crippen molar-refractivity contribution in [2.75, 3.05) is 7.05 Å². The van der Waals surface area contributed by atoms with Gasteiger partial charge in [-0.15, -0.1) is 0 Å². The second-order valence-electron chi connectivity index (χ2n) is 4.98. The van der Waals surface area contributed by atoms with Crippen molar-refractivity contribution in [2.24, 2.45) is 0 Å². The zero-order valence-corrected chi connectivity index (χ0v) is 12.3. The lowest BCUT2D eigenvalue weighted by molar-refractivity contribution is 0.629. The molecule has 0 aliphatic heterocycles. The Morgan fingerprint density at radius 3 is 2.75 bits per heavy atom. The van der Waals surface area contributed by atoms with Gasteiger partial charge in [0.2, 0.25) is 0 Å². The summed E-state index contributed by atoms with van der Waals surface area (Å²) in [5.74, 6) is 0.882. The van der Waals surface area contributed by atoms with Crippen molar-refractivity contribution in [3.8, 4) is 11.3 Å². The molecule has 102 valence electrons. The Hall–Kier alpha value is -1.77. The molecule has 0 aliphatic carbocycles. The molecule has 20 heavy (non-hydrogen) atoms. The predicted molar refractivity (Wildman–Crippen MR) is 84.2 cm³/mol. The average molecular weight is 286 g/mol. The fourth-order valence-corrected chi connectivity index (χ4v) is 2.63. The highest BCUT2D eigenvalue weighted by atomic mass is 35.5. The molecular formula is C17H16ClNO. The van der Waals surface area contributed by atoms with E-state index in [1.165, 1.54) is 5.56 Å². The summed E-state index contributed by atoms with van der Waals surface area (Å²) in [5.41, 5.74) is 4.36. The molecule has 3 aromatic rings. The van der Waals surface area contributed by atoms with Gasteiger partial charge in [-0.05, 0) is 55.9 Å². The van der Waals surface area contributed by atoms with E-state index in [2.05, 4.69) is 30.4 Å². The first-order chi connectivity index (χ1) is 9.67. The van der Waals surface area contributed by atoms with Gasteiger partial charge < -0.3 is 9.73 Å². The Labute approximate surface area is 123 Å². The molecule has 0 aliphatic rings. The number of furan rings is 1. The molecule has 0 bridgehead atoms. The molecular weight excluding hydrogens is 270 g/mol. The first-order valence-corrected chi connectivity index (χ1v) is 6.99. The largest absolute Gasteiger partial charge is 0.456 e. The van der Waals surface area contributed by atoms with Crippen molar-refractivity contribution in [3.63, 3.8) is 0 Å². The van der Waals surface area contributed by atoms with Crippen LogP contribution in [-0.4, -0.2) is 7.05 Å². The van der Waals surface area contributed by atoms with Gasteiger partial charge >= 0.3 is 0 Å². The van der Waals surface area contributed by atoms with Gasteiger partial charge in [0, 0.05) is 22.5 Å². The van der Waals surface area contributed by atoms with Crippen molar-refractivity contribution in [1.82, 2.24) is 5.32 Å². The van der Waals surface area contributed by atoms with E-state index in [1.54, 1.807) is 0 Å². The maximum Gasteiger partial charge on any atom is 0.135 e. The zero-order chi connectivity index (χ0) is 14.1. The van der Waals surface area contributed by atoms with Gasteiger partial charge in [-0.2, -0.15) is 0 Å². The maximum atomic E-state index is 6.08. The van der Waals surface area contributed by atoms with Gasteiger partial charge in [-0.1, -0.05) is 23.2 Å². The van der Waals surface area contributed by atoms with Gasteiger partial charge in [0.05, 0.1) is 0 Å². The highest BCUT2D eigenvalue weighted by molar-refractivity contribution is 6.30. The summed E-state index contributed by atoms with van der Waals surface area (Å²) >= 11 is 6.08. The third kappa shape index (κ3) is 2.45. The summed E-state index contributed by atoms with van der Waals surface area (Å²) in [6, 6.07) is 14.2. The summed E-state index contributed by atoms with van der Waals surface area (Å²) in [5, 5.41) is 5.04. The Bertz CT molecular complexity index is 761. The van der Waals surface area contributed by atoms with Gasteiger partial charge in [-0.3, -0.25) is 0 Å². The standard InChI is InChI=1S/C17H16ClNO/c1-11-3-6-16-12(7-11)9-17(20-16)15-5-4-14(18)8-13(15)10-19-2/h3-9,19H,10H2,1-2H3. The Morgan fingerprint density at radius 2 is 1.95 bits per heavy atom. The van der Waals surface area contributed by atoms with E-state index in [-0.39, 0.29) is 0 Å². The highest BCUT2D eigenvalue weighted by Gasteiger charge is 2.11. The molecule has 3 rings (SSSR count). The maximum absolute atomic E-state index is 6.08. The van der Waals surface area contributed by atoms with Gasteiger partial charge in [0.15, 0.2) is 0 Å². The molecule has 0 saturated heterocycles. The number of hydrogen-bond donors (Lipinski definition) is 1. The number of rotatable bonds is 3. The van der Waals surface area contributed by atoms with Crippen LogP contribution in [0.1, 0.15) is 11.1 Å². The Balaban J connectivity index is 2.14. The van der Waals surface area contributed by atoms with Crippen LogP contribution in [0.3, 0.4) is 0 Å². The van der Waals surface area contributed by atoms with Crippen LogP contribution in [0.5, 0.6) is 0 Å². The molecule has 2 aromatic carbocycles. The molecule has 1 N–H and O–H groups in total. The predicted octanol–water partition coefficient (Wildman–Crippen LogP) is 4.78. The highest BCUT2D eigenvalue weighted by Crippen LogP contribution is 2.32. The summed E-state index contributed by atoms with van der Waals surface area (Å²) in [4.78, 5) is 0. The molecule has 0 radical (unpaired) electrons. The summed E-state index contributed by atoms with van der Waals surface area (Å²) in [6.07, 6.45) is 0. The van der Waals surface area contributed by atoms with Crippen molar-refractivity contribution in [3.05, 3.63) is 58.6 Å². The normalized spacial score (nSPS) is 11.2. The number of fused-ring (bicyclic) bond motifs is 1. The Kier molecular flexibility index (Phi) is 3.51. The third-order valence-electron chi connectivity index (χ3n) is 3.37. The summed E-state index contributed by atoms with van der Waals surface area (Å²) < 4.78 is 5.97. The molecule has 0 saturated carbocycles. The van der Waals surface area contributed by atoms with E-state index in [4.69, 9.17) is 16.0 Å². The minimum Gasteiger partial charge on any atom is -0.456 e. The molecule has 1 aromatic heterocycles. The zero-order valence-electron chi connectivity index (χ0n) is 11.5. The minimum atomic E-state index is 0.742. The van der Waals surface area contributed by atoms with E-state index in [1.807, 2.05) is 31.3 Å². The summed E-state index contributed by atoms with van der Waals surface area (Å²) in [6.45, 7) is 2.84. The topological polar surface area (TPSA) is 25.2 Å². The SMILES string of the molecule is CNCc1cc(Cl)ccc1-c1cc2cc(C)ccc2o1. The molecule has 0 fully saturated rings. The van der Waals surface area contributed by atoms with Crippen LogP contribution in [0.15, 0.2) is 46.9 Å². The third-order valence-corrected chi connectivity index (χ3v) is 3.61. The van der Waals surface area contributed by atoms with E-state index >= 15 is 0 Å². The van der Waals surface area contributed by atoms with Crippen molar-refractivity contribution in [2.45, 2.75) is 13.5 Å². The van der Waals surface area contributed by atoms with Crippen molar-refractivity contribution >= 4 is 22.6 Å². The Morgan fingerprint density at radius 1 is 1.10 bits per heavy atom. The first kappa shape index (κ1) is 13.2. The molecule has 2 nitrogen and oxygen atoms in total. The van der Waals surface area contributed by atoms with Crippen LogP contribution in [-0.2, 0) is 6.54 Å². The monoisotopic (exact) mass is 285 g/mol. The number of hydrogen-bond acceptors (Lipinski definition) is 2. The van der Waals surface area contributed by atoms with E-state index in [9.17, 15) is 0 Å². The lowest BCUT2D eigenvalue weighted by atomic mass is 10.0. The van der Waals surface area contributed by atoms with E-state index in [0.29, 0.717) is 0 Å². The van der Waals surface area contributed by atoms with Crippen molar-refractivity contribution < 1.29 is 4.42 Å². The second-order valence-corrected chi connectivity index (χ2v) is 5.42. The molecule has 0 atom stereocenters. The second kappa shape index (κ2) is 5.31. The van der Waals surface area contributed by atoms with E-state index < -0.39 is 0 Å². The van der Waals surface area contributed by atoms with Crippen LogP contribution in [0.2, 0.25) is 5.02 Å².